The van der Waals surface area contributed by atoms with Gasteiger partial charge in [-0.25, -0.2) is 9.97 Å². The van der Waals surface area contributed by atoms with Crippen LogP contribution in [0.1, 0.15) is 25.0 Å². The number of benzene rings is 7. The zero-order valence-corrected chi connectivity index (χ0v) is 28.1. The highest BCUT2D eigenvalue weighted by atomic mass is 16.3. The maximum atomic E-state index is 6.42. The summed E-state index contributed by atoms with van der Waals surface area (Å²) >= 11 is 0. The quantitative estimate of drug-likeness (QED) is 0.190. The molecule has 10 aromatic rings. The Kier molecular flexibility index (Phi) is 5.70. The van der Waals surface area contributed by atoms with Crippen molar-refractivity contribution in [1.82, 2.24) is 9.97 Å². The Balaban J connectivity index is 1.13. The molecule has 0 bridgehead atoms. The second-order valence-electron chi connectivity index (χ2n) is 14.2. The fourth-order valence-corrected chi connectivity index (χ4v) is 8.29. The Labute approximate surface area is 293 Å². The summed E-state index contributed by atoms with van der Waals surface area (Å²) in [4.78, 5) is 10.5. The Morgan fingerprint density at radius 3 is 1.92 bits per heavy atom. The average Bonchev–Trinajstić information content (AvgIpc) is 3.79. The van der Waals surface area contributed by atoms with Crippen LogP contribution in [0.3, 0.4) is 0 Å². The van der Waals surface area contributed by atoms with E-state index in [1.54, 1.807) is 0 Å². The van der Waals surface area contributed by atoms with Crippen molar-refractivity contribution >= 4 is 54.6 Å². The number of aromatic nitrogens is 2. The van der Waals surface area contributed by atoms with Crippen LogP contribution in [0, 0.1) is 0 Å². The highest BCUT2D eigenvalue weighted by molar-refractivity contribution is 6.15. The average molecular weight is 655 g/mol. The molecule has 3 heterocycles. The summed E-state index contributed by atoms with van der Waals surface area (Å²) in [6.45, 7) is 4.67. The molecule has 0 atom stereocenters. The lowest BCUT2D eigenvalue weighted by atomic mass is 9.81. The van der Waals surface area contributed by atoms with Gasteiger partial charge in [-0.2, -0.15) is 0 Å². The second kappa shape index (κ2) is 10.3. The lowest BCUT2D eigenvalue weighted by Gasteiger charge is -2.22. The molecule has 0 aliphatic heterocycles. The molecule has 0 N–H and O–H groups in total. The van der Waals surface area contributed by atoms with Crippen LogP contribution in [0.2, 0.25) is 0 Å². The number of fused-ring (bicyclic) bond motifs is 10. The van der Waals surface area contributed by atoms with Crippen molar-refractivity contribution < 1.29 is 8.83 Å². The van der Waals surface area contributed by atoms with E-state index >= 15 is 0 Å². The molecule has 0 fully saturated rings. The first kappa shape index (κ1) is 28.3. The second-order valence-corrected chi connectivity index (χ2v) is 14.2. The summed E-state index contributed by atoms with van der Waals surface area (Å²) in [7, 11) is 0. The van der Waals surface area contributed by atoms with Gasteiger partial charge in [0, 0.05) is 43.7 Å². The minimum atomic E-state index is -0.151. The van der Waals surface area contributed by atoms with Gasteiger partial charge in [0.1, 0.15) is 22.3 Å². The molecule has 0 saturated carbocycles. The van der Waals surface area contributed by atoms with Crippen molar-refractivity contribution in [2.45, 2.75) is 19.3 Å². The molecule has 1 aliphatic carbocycles. The number of furan rings is 2. The number of rotatable bonds is 3. The van der Waals surface area contributed by atoms with E-state index in [1.807, 2.05) is 36.4 Å². The van der Waals surface area contributed by atoms with Crippen LogP contribution >= 0.6 is 0 Å². The normalized spacial score (nSPS) is 13.5. The van der Waals surface area contributed by atoms with E-state index in [0.29, 0.717) is 5.82 Å². The number of nitrogens with zero attached hydrogens (tertiary/aromatic N) is 2. The highest BCUT2D eigenvalue weighted by Crippen LogP contribution is 2.53. The van der Waals surface area contributed by atoms with Crippen molar-refractivity contribution in [1.29, 1.82) is 0 Å². The van der Waals surface area contributed by atoms with Gasteiger partial charge in [-0.15, -0.1) is 0 Å². The van der Waals surface area contributed by atoms with Gasteiger partial charge in [-0.05, 0) is 87.6 Å². The minimum Gasteiger partial charge on any atom is -0.456 e. The lowest BCUT2D eigenvalue weighted by Crippen LogP contribution is -2.14. The molecule has 240 valence electrons. The van der Waals surface area contributed by atoms with E-state index < -0.39 is 0 Å². The third-order valence-corrected chi connectivity index (χ3v) is 10.9. The zero-order valence-electron chi connectivity index (χ0n) is 28.1. The summed E-state index contributed by atoms with van der Waals surface area (Å²) in [5.74, 6) is 0.692. The van der Waals surface area contributed by atoms with E-state index in [1.165, 1.54) is 33.0 Å². The molecule has 4 heteroatoms. The van der Waals surface area contributed by atoms with Crippen LogP contribution < -0.4 is 0 Å². The van der Waals surface area contributed by atoms with Crippen LogP contribution in [-0.2, 0) is 5.41 Å². The fourth-order valence-electron chi connectivity index (χ4n) is 8.29. The van der Waals surface area contributed by atoms with E-state index in [0.717, 1.165) is 72.0 Å². The first-order valence-electron chi connectivity index (χ1n) is 17.4. The molecule has 51 heavy (non-hydrogen) atoms. The van der Waals surface area contributed by atoms with Crippen molar-refractivity contribution in [2.75, 3.05) is 0 Å². The van der Waals surface area contributed by atoms with Gasteiger partial charge in [0.05, 0.1) is 11.4 Å². The van der Waals surface area contributed by atoms with Crippen LogP contribution in [0.5, 0.6) is 0 Å². The van der Waals surface area contributed by atoms with Gasteiger partial charge in [-0.1, -0.05) is 105 Å². The van der Waals surface area contributed by atoms with Crippen molar-refractivity contribution in [3.63, 3.8) is 0 Å². The summed E-state index contributed by atoms with van der Waals surface area (Å²) in [6, 6.07) is 51.1. The van der Waals surface area contributed by atoms with Crippen molar-refractivity contribution in [3.8, 4) is 45.0 Å². The predicted molar refractivity (Wildman–Crippen MR) is 208 cm³/mol. The van der Waals surface area contributed by atoms with Crippen molar-refractivity contribution in [3.05, 3.63) is 157 Å². The summed E-state index contributed by atoms with van der Waals surface area (Å²) < 4.78 is 12.7. The van der Waals surface area contributed by atoms with Crippen LogP contribution in [0.25, 0.3) is 99.7 Å². The van der Waals surface area contributed by atoms with Gasteiger partial charge in [0.2, 0.25) is 0 Å². The maximum Gasteiger partial charge on any atom is 0.160 e. The molecular formula is C47H30N2O2. The fraction of sp³-hybridized carbons (Fsp3) is 0.0638. The smallest absolute Gasteiger partial charge is 0.160 e. The third-order valence-electron chi connectivity index (χ3n) is 10.9. The number of hydrogen-bond donors (Lipinski definition) is 0. The topological polar surface area (TPSA) is 52.1 Å². The summed E-state index contributed by atoms with van der Waals surface area (Å²) in [5.41, 5.74) is 13.2. The minimum absolute atomic E-state index is 0.151. The molecule has 0 radical (unpaired) electrons. The monoisotopic (exact) mass is 654 g/mol. The molecule has 1 aliphatic rings. The Hall–Kier alpha value is -6.52. The number of para-hydroxylation sites is 1. The van der Waals surface area contributed by atoms with E-state index in [-0.39, 0.29) is 5.41 Å². The third kappa shape index (κ3) is 4.14. The highest BCUT2D eigenvalue weighted by Gasteiger charge is 2.37. The van der Waals surface area contributed by atoms with Gasteiger partial charge in [-0.3, -0.25) is 0 Å². The summed E-state index contributed by atoms with van der Waals surface area (Å²) in [6.07, 6.45) is 0. The van der Waals surface area contributed by atoms with Gasteiger partial charge >= 0.3 is 0 Å². The molecule has 0 amide bonds. The Morgan fingerprint density at radius 2 is 1.10 bits per heavy atom. The molecule has 0 saturated heterocycles. The first-order chi connectivity index (χ1) is 25.0. The van der Waals surface area contributed by atoms with Gasteiger partial charge in [0.25, 0.3) is 0 Å². The van der Waals surface area contributed by atoms with Gasteiger partial charge < -0.3 is 8.83 Å². The largest absolute Gasteiger partial charge is 0.456 e. The molecule has 7 aromatic carbocycles. The van der Waals surface area contributed by atoms with Crippen LogP contribution in [0.15, 0.2) is 154 Å². The number of hydrogen-bond acceptors (Lipinski definition) is 4. The molecule has 11 rings (SSSR count). The van der Waals surface area contributed by atoms with Crippen LogP contribution in [-0.4, -0.2) is 9.97 Å². The molecular weight excluding hydrogens is 625 g/mol. The molecule has 3 aromatic heterocycles. The zero-order chi connectivity index (χ0) is 33.8. The Morgan fingerprint density at radius 1 is 0.431 bits per heavy atom. The van der Waals surface area contributed by atoms with Gasteiger partial charge in [0.15, 0.2) is 5.82 Å². The SMILES string of the molecule is CC1(C)c2cc3ccccc3cc2-c2c(-c3cc(-c4ccc5oc6cc7c(cc6c5c4)oc4ccccc47)nc(-c4ccccc4)n3)cccc21. The molecule has 4 nitrogen and oxygen atoms in total. The first-order valence-corrected chi connectivity index (χ1v) is 17.4. The maximum absolute atomic E-state index is 6.42. The predicted octanol–water partition coefficient (Wildman–Crippen LogP) is 12.7. The molecule has 0 unspecified atom stereocenters. The van der Waals surface area contributed by atoms with E-state index in [2.05, 4.69) is 123 Å². The van der Waals surface area contributed by atoms with E-state index in [4.69, 9.17) is 18.8 Å². The molecule has 0 spiro atoms. The standard InChI is InChI=1S/C47H30N2O2/c1-47(2)37-17-10-16-32(45(37)36-21-28-13-6-7-14-29(28)23-38(36)47)40-26-39(48-46(49-40)27-11-4-3-5-12-27)30-19-20-42-33(22-30)35-25-43-34(24-44(35)51-42)31-15-8-9-18-41(31)50-43/h3-26H,1-2H3. The van der Waals surface area contributed by atoms with Crippen LogP contribution in [0.4, 0.5) is 0 Å². The lowest BCUT2D eigenvalue weighted by molar-refractivity contribution is 0.661. The van der Waals surface area contributed by atoms with E-state index in [9.17, 15) is 0 Å². The summed E-state index contributed by atoms with van der Waals surface area (Å²) in [5, 5.41) is 6.68. The Bertz CT molecular complexity index is 3060. The van der Waals surface area contributed by atoms with Crippen molar-refractivity contribution in [2.24, 2.45) is 0 Å².